The molecule has 51 heavy (non-hydrogen) atoms. The van der Waals surface area contributed by atoms with Crippen molar-refractivity contribution in [1.82, 2.24) is 0 Å². The van der Waals surface area contributed by atoms with Gasteiger partial charge in [0, 0.05) is 22.5 Å². The molecule has 0 radical (unpaired) electrons. The van der Waals surface area contributed by atoms with Gasteiger partial charge in [0.15, 0.2) is 0 Å². The second-order valence-corrected chi connectivity index (χ2v) is 15.9. The second-order valence-electron chi connectivity index (χ2n) is 15.9. The zero-order chi connectivity index (χ0) is 34.4. The van der Waals surface area contributed by atoms with Crippen molar-refractivity contribution in [2.75, 3.05) is 4.90 Å². The summed E-state index contributed by atoms with van der Waals surface area (Å²) in [7, 11) is 0. The van der Waals surface area contributed by atoms with E-state index in [1.54, 1.807) is 0 Å². The first-order valence-corrected chi connectivity index (χ1v) is 17.9. The summed E-state index contributed by atoms with van der Waals surface area (Å²) in [6, 6.07) is 56.6. The highest BCUT2D eigenvalue weighted by molar-refractivity contribution is 5.95. The van der Waals surface area contributed by atoms with Gasteiger partial charge in [-0.2, -0.15) is 0 Å². The molecule has 7 aromatic carbocycles. The van der Waals surface area contributed by atoms with Crippen molar-refractivity contribution in [3.8, 4) is 33.4 Å². The van der Waals surface area contributed by atoms with Crippen LogP contribution in [0.25, 0.3) is 44.2 Å². The number of nitrogens with zero attached hydrogens (tertiary/aromatic N) is 1. The van der Waals surface area contributed by atoms with E-state index >= 15 is 0 Å². The van der Waals surface area contributed by atoms with Crippen molar-refractivity contribution < 1.29 is 0 Å². The maximum absolute atomic E-state index is 2.47. The van der Waals surface area contributed by atoms with E-state index in [0.29, 0.717) is 0 Å². The van der Waals surface area contributed by atoms with E-state index in [2.05, 4.69) is 198 Å². The van der Waals surface area contributed by atoms with E-state index in [-0.39, 0.29) is 23.7 Å². The molecule has 0 atom stereocenters. The Morgan fingerprint density at radius 1 is 0.353 bits per heavy atom. The van der Waals surface area contributed by atoms with Gasteiger partial charge in [-0.25, -0.2) is 0 Å². The van der Waals surface area contributed by atoms with Gasteiger partial charge < -0.3 is 4.90 Å². The van der Waals surface area contributed by atoms with Crippen LogP contribution in [0, 0.1) is 0 Å². The van der Waals surface area contributed by atoms with E-state index in [4.69, 9.17) is 0 Å². The normalized spacial score (nSPS) is 15.6. The lowest BCUT2D eigenvalue weighted by atomic mass is 9.55. The SMILES string of the molecule is C.CC1(C)c2cc(N(c3ccc(-c4ccccc4)cc3)c3ccc4c(c3)C(C)(C)C(C)(C)c3ccccc3-4)ccc2-c2cc3ccccc3cc21. The largest absolute Gasteiger partial charge is 0.310 e. The minimum absolute atomic E-state index is 0. The Hall–Kier alpha value is -5.40. The average Bonchev–Trinajstić information content (AvgIpc) is 3.35. The summed E-state index contributed by atoms with van der Waals surface area (Å²) in [5.74, 6) is 0. The molecule has 7 aromatic rings. The lowest BCUT2D eigenvalue weighted by Gasteiger charge is -2.48. The summed E-state index contributed by atoms with van der Waals surface area (Å²) in [5.41, 5.74) is 16.7. The average molecular weight is 662 g/mol. The molecule has 0 N–H and O–H groups in total. The maximum atomic E-state index is 2.47. The Bertz CT molecular complexity index is 2440. The third kappa shape index (κ3) is 4.82. The zero-order valence-corrected chi connectivity index (χ0v) is 29.9. The number of fused-ring (bicyclic) bond motifs is 7. The molecular formula is C50H47N. The van der Waals surface area contributed by atoms with Crippen molar-refractivity contribution in [1.29, 1.82) is 0 Å². The summed E-state index contributed by atoms with van der Waals surface area (Å²) in [5, 5.41) is 2.59. The molecule has 9 rings (SSSR count). The van der Waals surface area contributed by atoms with Gasteiger partial charge in [0.1, 0.15) is 0 Å². The molecule has 0 amide bonds. The smallest absolute Gasteiger partial charge is 0.0465 e. The van der Waals surface area contributed by atoms with E-state index < -0.39 is 0 Å². The van der Waals surface area contributed by atoms with Crippen molar-refractivity contribution in [3.05, 3.63) is 174 Å². The first-order valence-electron chi connectivity index (χ1n) is 17.9. The molecule has 0 fully saturated rings. The summed E-state index contributed by atoms with van der Waals surface area (Å²) in [6.07, 6.45) is 0. The molecule has 252 valence electrons. The van der Waals surface area contributed by atoms with E-state index in [0.717, 1.165) is 5.69 Å². The van der Waals surface area contributed by atoms with Crippen LogP contribution < -0.4 is 4.90 Å². The van der Waals surface area contributed by atoms with Crippen LogP contribution in [0.5, 0.6) is 0 Å². The molecule has 0 saturated carbocycles. The van der Waals surface area contributed by atoms with E-state index in [1.165, 1.54) is 77.8 Å². The highest BCUT2D eigenvalue weighted by atomic mass is 15.1. The second kappa shape index (κ2) is 11.6. The Kier molecular flexibility index (Phi) is 7.44. The van der Waals surface area contributed by atoms with Crippen LogP contribution in [0.1, 0.15) is 71.2 Å². The van der Waals surface area contributed by atoms with Crippen molar-refractivity contribution in [2.45, 2.75) is 65.2 Å². The Labute approximate surface area is 304 Å². The van der Waals surface area contributed by atoms with Gasteiger partial charge in [-0.3, -0.25) is 0 Å². The van der Waals surface area contributed by atoms with Crippen LogP contribution in [0.15, 0.2) is 152 Å². The van der Waals surface area contributed by atoms with Gasteiger partial charge in [0.2, 0.25) is 0 Å². The number of hydrogen-bond acceptors (Lipinski definition) is 1. The third-order valence-corrected chi connectivity index (χ3v) is 12.4. The molecule has 0 heterocycles. The van der Waals surface area contributed by atoms with Crippen LogP contribution >= 0.6 is 0 Å². The molecule has 0 bridgehead atoms. The van der Waals surface area contributed by atoms with Gasteiger partial charge in [-0.15, -0.1) is 0 Å². The summed E-state index contributed by atoms with van der Waals surface area (Å²) in [6.45, 7) is 14.4. The van der Waals surface area contributed by atoms with Gasteiger partial charge in [-0.05, 0) is 126 Å². The van der Waals surface area contributed by atoms with Crippen LogP contribution in [0.3, 0.4) is 0 Å². The fourth-order valence-electron chi connectivity index (χ4n) is 8.79. The zero-order valence-electron chi connectivity index (χ0n) is 29.9. The predicted octanol–water partition coefficient (Wildman–Crippen LogP) is 14.2. The molecule has 1 nitrogen and oxygen atoms in total. The quantitative estimate of drug-likeness (QED) is 0.181. The Balaban J connectivity index is 0.00000374. The third-order valence-electron chi connectivity index (χ3n) is 12.4. The molecule has 0 spiro atoms. The number of benzene rings is 7. The Morgan fingerprint density at radius 2 is 0.824 bits per heavy atom. The summed E-state index contributed by atoms with van der Waals surface area (Å²) >= 11 is 0. The lowest BCUT2D eigenvalue weighted by molar-refractivity contribution is 0.299. The lowest BCUT2D eigenvalue weighted by Crippen LogP contribution is -2.43. The standard InChI is InChI=1S/C49H43N.CH4/c1-47(2)44-29-35-17-11-10-16-34(35)28-42(44)41-27-25-37(30-45(41)47)50(36-22-20-33(21-23-36)32-14-8-7-9-15-32)38-24-26-40-39-18-12-13-19-43(39)48(3,4)49(5,6)46(40)31-38;/h7-31H,1-6H3;1H4. The first kappa shape index (κ1) is 32.8. The molecule has 2 aliphatic carbocycles. The molecule has 0 aromatic heterocycles. The minimum atomic E-state index is -0.126. The highest BCUT2D eigenvalue weighted by Gasteiger charge is 2.46. The van der Waals surface area contributed by atoms with Crippen LogP contribution in [0.2, 0.25) is 0 Å². The molecule has 0 unspecified atom stereocenters. The van der Waals surface area contributed by atoms with E-state index in [1.807, 2.05) is 0 Å². The fourth-order valence-corrected chi connectivity index (χ4v) is 8.79. The van der Waals surface area contributed by atoms with Crippen LogP contribution in [-0.4, -0.2) is 0 Å². The highest BCUT2D eigenvalue weighted by Crippen LogP contribution is 2.56. The number of anilines is 3. The van der Waals surface area contributed by atoms with Crippen LogP contribution in [0.4, 0.5) is 17.1 Å². The van der Waals surface area contributed by atoms with Crippen molar-refractivity contribution in [3.63, 3.8) is 0 Å². The van der Waals surface area contributed by atoms with Gasteiger partial charge in [0.05, 0.1) is 0 Å². The Morgan fingerprint density at radius 3 is 1.51 bits per heavy atom. The monoisotopic (exact) mass is 661 g/mol. The molecule has 0 aliphatic heterocycles. The predicted molar refractivity (Wildman–Crippen MR) is 220 cm³/mol. The summed E-state index contributed by atoms with van der Waals surface area (Å²) < 4.78 is 0. The molecular weight excluding hydrogens is 615 g/mol. The minimum Gasteiger partial charge on any atom is -0.310 e. The first-order chi connectivity index (χ1) is 24.1. The van der Waals surface area contributed by atoms with Crippen molar-refractivity contribution >= 4 is 27.8 Å². The van der Waals surface area contributed by atoms with Crippen LogP contribution in [-0.2, 0) is 16.2 Å². The summed E-state index contributed by atoms with van der Waals surface area (Å²) in [4.78, 5) is 2.47. The van der Waals surface area contributed by atoms with Crippen molar-refractivity contribution in [2.24, 2.45) is 0 Å². The van der Waals surface area contributed by atoms with E-state index in [9.17, 15) is 0 Å². The fraction of sp³-hybridized carbons (Fsp3) is 0.200. The molecule has 0 saturated heterocycles. The topological polar surface area (TPSA) is 3.24 Å². The molecule has 2 aliphatic rings. The maximum Gasteiger partial charge on any atom is 0.0465 e. The number of rotatable bonds is 4. The molecule has 1 heteroatoms. The van der Waals surface area contributed by atoms with Gasteiger partial charge >= 0.3 is 0 Å². The van der Waals surface area contributed by atoms with Gasteiger partial charge in [-0.1, -0.05) is 152 Å². The number of hydrogen-bond donors (Lipinski definition) is 0. The van der Waals surface area contributed by atoms with Gasteiger partial charge in [0.25, 0.3) is 0 Å².